The van der Waals surface area contributed by atoms with Crippen molar-refractivity contribution >= 4 is 28.2 Å². The number of hydrogen-bond donors (Lipinski definition) is 1. The van der Waals surface area contributed by atoms with Crippen LogP contribution in [0.2, 0.25) is 5.02 Å². The number of nitrogens with zero attached hydrogens (tertiary/aromatic N) is 2. The summed E-state index contributed by atoms with van der Waals surface area (Å²) in [7, 11) is 0. The molecule has 2 heterocycles. The molecule has 0 saturated carbocycles. The Morgan fingerprint density at radius 1 is 1.04 bits per heavy atom. The standard InChI is InChI=1S/C21H17ClFN3/c22-17-8-7-15(20(23)10-17)13-26-14-16(19-5-1-2-6-21(19)26)11-25-18-4-3-9-24-12-18/h1-10,12,14,25H,11,13H2. The molecular formula is C21H17ClFN3. The molecule has 2 aromatic carbocycles. The minimum absolute atomic E-state index is 0.287. The molecule has 2 aromatic heterocycles. The van der Waals surface area contributed by atoms with Gasteiger partial charge in [0.1, 0.15) is 5.82 Å². The maximum atomic E-state index is 14.2. The second-order valence-corrected chi connectivity index (χ2v) is 6.57. The molecule has 0 amide bonds. The first kappa shape index (κ1) is 16.6. The molecule has 0 radical (unpaired) electrons. The summed E-state index contributed by atoms with van der Waals surface area (Å²) in [6.45, 7) is 1.12. The van der Waals surface area contributed by atoms with Crippen molar-refractivity contribution in [1.29, 1.82) is 0 Å². The van der Waals surface area contributed by atoms with E-state index in [2.05, 4.69) is 33.2 Å². The molecule has 0 fully saturated rings. The molecule has 0 aliphatic heterocycles. The topological polar surface area (TPSA) is 29.9 Å². The lowest BCUT2D eigenvalue weighted by Crippen LogP contribution is -2.01. The van der Waals surface area contributed by atoms with Gasteiger partial charge in [0.15, 0.2) is 0 Å². The number of halogens is 2. The first-order valence-corrected chi connectivity index (χ1v) is 8.73. The second-order valence-electron chi connectivity index (χ2n) is 6.13. The van der Waals surface area contributed by atoms with Gasteiger partial charge in [0, 0.05) is 46.6 Å². The number of pyridine rings is 1. The largest absolute Gasteiger partial charge is 0.380 e. The zero-order valence-corrected chi connectivity index (χ0v) is 14.7. The first-order chi connectivity index (χ1) is 12.7. The van der Waals surface area contributed by atoms with Crippen LogP contribution in [0.3, 0.4) is 0 Å². The van der Waals surface area contributed by atoms with E-state index in [4.69, 9.17) is 11.6 Å². The van der Waals surface area contributed by atoms with Crippen LogP contribution in [0.25, 0.3) is 10.9 Å². The van der Waals surface area contributed by atoms with Crippen molar-refractivity contribution < 1.29 is 4.39 Å². The lowest BCUT2D eigenvalue weighted by Gasteiger charge is -2.07. The van der Waals surface area contributed by atoms with Crippen LogP contribution in [0.15, 0.2) is 73.2 Å². The Kier molecular flexibility index (Phi) is 4.59. The van der Waals surface area contributed by atoms with Crippen molar-refractivity contribution in [2.75, 3.05) is 5.32 Å². The molecule has 0 aliphatic rings. The number of benzene rings is 2. The molecule has 0 aliphatic carbocycles. The van der Waals surface area contributed by atoms with E-state index in [0.717, 1.165) is 22.2 Å². The number of hydrogen-bond acceptors (Lipinski definition) is 2. The highest BCUT2D eigenvalue weighted by Crippen LogP contribution is 2.24. The third-order valence-electron chi connectivity index (χ3n) is 4.37. The summed E-state index contributed by atoms with van der Waals surface area (Å²) < 4.78 is 16.3. The highest BCUT2D eigenvalue weighted by molar-refractivity contribution is 6.30. The molecule has 0 saturated heterocycles. The minimum atomic E-state index is -0.287. The molecule has 1 N–H and O–H groups in total. The van der Waals surface area contributed by atoms with Gasteiger partial charge in [-0.3, -0.25) is 4.98 Å². The number of fused-ring (bicyclic) bond motifs is 1. The molecule has 130 valence electrons. The summed E-state index contributed by atoms with van der Waals surface area (Å²) in [5.41, 5.74) is 3.80. The number of aromatic nitrogens is 2. The third-order valence-corrected chi connectivity index (χ3v) is 4.61. The second kappa shape index (κ2) is 7.18. The summed E-state index contributed by atoms with van der Waals surface area (Å²) in [6, 6.07) is 16.8. The fourth-order valence-electron chi connectivity index (χ4n) is 3.09. The summed E-state index contributed by atoms with van der Waals surface area (Å²) in [4.78, 5) is 4.12. The van der Waals surface area contributed by atoms with Crippen molar-refractivity contribution in [3.63, 3.8) is 0 Å². The Morgan fingerprint density at radius 3 is 2.73 bits per heavy atom. The molecule has 4 aromatic rings. The summed E-state index contributed by atoms with van der Waals surface area (Å²) in [5, 5.41) is 4.94. The third kappa shape index (κ3) is 3.41. The van der Waals surface area contributed by atoms with E-state index in [0.29, 0.717) is 23.7 Å². The van der Waals surface area contributed by atoms with Gasteiger partial charge >= 0.3 is 0 Å². The first-order valence-electron chi connectivity index (χ1n) is 8.35. The van der Waals surface area contributed by atoms with Crippen molar-refractivity contribution in [2.45, 2.75) is 13.1 Å². The predicted octanol–water partition coefficient (Wildman–Crippen LogP) is 5.49. The lowest BCUT2D eigenvalue weighted by atomic mass is 10.1. The van der Waals surface area contributed by atoms with E-state index in [-0.39, 0.29) is 5.82 Å². The highest BCUT2D eigenvalue weighted by Gasteiger charge is 2.10. The number of anilines is 1. The summed E-state index contributed by atoms with van der Waals surface area (Å²) in [6.07, 6.45) is 5.61. The van der Waals surface area contributed by atoms with Crippen LogP contribution in [-0.4, -0.2) is 9.55 Å². The van der Waals surface area contributed by atoms with Crippen LogP contribution < -0.4 is 5.32 Å². The maximum absolute atomic E-state index is 14.2. The van der Waals surface area contributed by atoms with Crippen LogP contribution in [0.1, 0.15) is 11.1 Å². The van der Waals surface area contributed by atoms with Gasteiger partial charge in [0.05, 0.1) is 12.2 Å². The summed E-state index contributed by atoms with van der Waals surface area (Å²) in [5.74, 6) is -0.287. The van der Waals surface area contributed by atoms with E-state index in [1.807, 2.05) is 24.3 Å². The number of para-hydroxylation sites is 1. The highest BCUT2D eigenvalue weighted by atomic mass is 35.5. The smallest absolute Gasteiger partial charge is 0.129 e. The van der Waals surface area contributed by atoms with Crippen molar-refractivity contribution in [3.8, 4) is 0 Å². The van der Waals surface area contributed by atoms with Crippen LogP contribution in [0, 0.1) is 5.82 Å². The van der Waals surface area contributed by atoms with Crippen LogP contribution in [0.5, 0.6) is 0 Å². The van der Waals surface area contributed by atoms with Crippen molar-refractivity contribution in [2.24, 2.45) is 0 Å². The fraction of sp³-hybridized carbons (Fsp3) is 0.0952. The molecule has 3 nitrogen and oxygen atoms in total. The van der Waals surface area contributed by atoms with Crippen LogP contribution in [-0.2, 0) is 13.1 Å². The van der Waals surface area contributed by atoms with Gasteiger partial charge in [0.2, 0.25) is 0 Å². The van der Waals surface area contributed by atoms with Crippen molar-refractivity contribution in [1.82, 2.24) is 9.55 Å². The van der Waals surface area contributed by atoms with E-state index < -0.39 is 0 Å². The quantitative estimate of drug-likeness (QED) is 0.507. The Morgan fingerprint density at radius 2 is 1.92 bits per heavy atom. The van der Waals surface area contributed by atoms with E-state index in [1.54, 1.807) is 24.5 Å². The number of rotatable bonds is 5. The average Bonchev–Trinajstić information content (AvgIpc) is 3.01. The van der Waals surface area contributed by atoms with E-state index >= 15 is 0 Å². The van der Waals surface area contributed by atoms with E-state index in [9.17, 15) is 4.39 Å². The molecule has 0 bridgehead atoms. The molecule has 0 unspecified atom stereocenters. The van der Waals surface area contributed by atoms with Gasteiger partial charge in [0.25, 0.3) is 0 Å². The van der Waals surface area contributed by atoms with Crippen LogP contribution >= 0.6 is 11.6 Å². The zero-order chi connectivity index (χ0) is 17.9. The Balaban J connectivity index is 1.65. The van der Waals surface area contributed by atoms with Gasteiger partial charge in [-0.25, -0.2) is 4.39 Å². The molecule has 0 spiro atoms. The van der Waals surface area contributed by atoms with Gasteiger partial charge in [-0.05, 0) is 35.9 Å². The lowest BCUT2D eigenvalue weighted by molar-refractivity contribution is 0.602. The average molecular weight is 366 g/mol. The van der Waals surface area contributed by atoms with Crippen molar-refractivity contribution in [3.05, 3.63) is 95.2 Å². The molecule has 4 rings (SSSR count). The SMILES string of the molecule is Fc1cc(Cl)ccc1Cn1cc(CNc2cccnc2)c2ccccc21. The van der Waals surface area contributed by atoms with E-state index in [1.165, 1.54) is 6.07 Å². The van der Waals surface area contributed by atoms with Crippen LogP contribution in [0.4, 0.5) is 10.1 Å². The molecule has 5 heteroatoms. The Labute approximate surface area is 156 Å². The monoisotopic (exact) mass is 365 g/mol. The molecular weight excluding hydrogens is 349 g/mol. The fourth-order valence-corrected chi connectivity index (χ4v) is 3.25. The van der Waals surface area contributed by atoms with Gasteiger partial charge in [-0.1, -0.05) is 35.9 Å². The van der Waals surface area contributed by atoms with Gasteiger partial charge < -0.3 is 9.88 Å². The Bertz CT molecular complexity index is 1040. The molecule has 0 atom stereocenters. The summed E-state index contributed by atoms with van der Waals surface area (Å²) >= 11 is 5.86. The zero-order valence-electron chi connectivity index (χ0n) is 14.0. The minimum Gasteiger partial charge on any atom is -0.380 e. The maximum Gasteiger partial charge on any atom is 0.129 e. The normalized spacial score (nSPS) is 11.0. The molecule has 26 heavy (non-hydrogen) atoms. The van der Waals surface area contributed by atoms with Gasteiger partial charge in [-0.2, -0.15) is 0 Å². The Hall–Kier alpha value is -2.85. The predicted molar refractivity (Wildman–Crippen MR) is 104 cm³/mol. The number of nitrogens with one attached hydrogen (secondary N) is 1. The van der Waals surface area contributed by atoms with Gasteiger partial charge in [-0.15, -0.1) is 0 Å².